The lowest BCUT2D eigenvalue weighted by Gasteiger charge is -2.21. The number of hydrogen-bond acceptors (Lipinski definition) is 2. The average molecular weight is 286 g/mol. The highest BCUT2D eigenvalue weighted by atomic mass is 19.1. The van der Waals surface area contributed by atoms with Gasteiger partial charge in [-0.2, -0.15) is 0 Å². The predicted molar refractivity (Wildman–Crippen MR) is 81.9 cm³/mol. The normalized spacial score (nSPS) is 17.0. The molecule has 0 spiro atoms. The minimum absolute atomic E-state index is 0.00139. The van der Waals surface area contributed by atoms with Crippen molar-refractivity contribution in [2.45, 2.75) is 6.42 Å². The van der Waals surface area contributed by atoms with Gasteiger partial charge in [-0.1, -0.05) is 24.3 Å². The van der Waals surface area contributed by atoms with Crippen LogP contribution in [0.2, 0.25) is 0 Å². The monoisotopic (exact) mass is 286 g/mol. The molecular formula is C17H19FN2O. The van der Waals surface area contributed by atoms with E-state index in [0.717, 1.165) is 32.6 Å². The van der Waals surface area contributed by atoms with Gasteiger partial charge in [0.05, 0.1) is 0 Å². The molecule has 110 valence electrons. The first kappa shape index (κ1) is 14.0. The number of hydrogen-bond donors (Lipinski definition) is 0. The zero-order valence-electron chi connectivity index (χ0n) is 12.2. The van der Waals surface area contributed by atoms with E-state index in [-0.39, 0.29) is 11.7 Å². The van der Waals surface area contributed by atoms with E-state index in [4.69, 9.17) is 0 Å². The van der Waals surface area contributed by atoms with E-state index in [1.54, 1.807) is 18.2 Å². The number of rotatable bonds is 1. The Morgan fingerprint density at radius 1 is 1.00 bits per heavy atom. The molecule has 1 aliphatic rings. The van der Waals surface area contributed by atoms with Gasteiger partial charge < -0.3 is 9.80 Å². The summed E-state index contributed by atoms with van der Waals surface area (Å²) in [6.07, 6.45) is 0.974. The maximum Gasteiger partial charge on any atom is 0.254 e. The van der Waals surface area contributed by atoms with E-state index in [2.05, 4.69) is 11.9 Å². The summed E-state index contributed by atoms with van der Waals surface area (Å²) in [7, 11) is 2.07. The van der Waals surface area contributed by atoms with Crippen LogP contribution in [0.3, 0.4) is 0 Å². The molecule has 0 bridgehead atoms. The van der Waals surface area contributed by atoms with Crippen molar-refractivity contribution in [1.82, 2.24) is 9.80 Å². The summed E-state index contributed by atoms with van der Waals surface area (Å²) in [4.78, 5) is 16.9. The molecule has 1 amide bonds. The summed E-state index contributed by atoms with van der Waals surface area (Å²) in [6.45, 7) is 3.37. The molecule has 0 saturated carbocycles. The highest BCUT2D eigenvalue weighted by Gasteiger charge is 2.21. The lowest BCUT2D eigenvalue weighted by atomic mass is 10.0. The first-order valence-electron chi connectivity index (χ1n) is 7.32. The Kier molecular flexibility index (Phi) is 3.88. The van der Waals surface area contributed by atoms with E-state index in [1.807, 2.05) is 17.0 Å². The minimum Gasteiger partial charge on any atom is -0.337 e. The summed E-state index contributed by atoms with van der Waals surface area (Å²) in [5.74, 6) is -0.278. The quantitative estimate of drug-likeness (QED) is 0.805. The number of carbonyl (C=O) groups is 1. The third-order valence-electron chi connectivity index (χ3n) is 4.11. The Balaban J connectivity index is 1.96. The molecule has 21 heavy (non-hydrogen) atoms. The van der Waals surface area contributed by atoms with Gasteiger partial charge in [0.2, 0.25) is 0 Å². The molecule has 0 aromatic heterocycles. The highest BCUT2D eigenvalue weighted by molar-refractivity contribution is 6.07. The van der Waals surface area contributed by atoms with Gasteiger partial charge in [0.25, 0.3) is 5.91 Å². The van der Waals surface area contributed by atoms with Crippen LogP contribution in [-0.4, -0.2) is 48.9 Å². The van der Waals surface area contributed by atoms with Gasteiger partial charge in [0.15, 0.2) is 0 Å². The van der Waals surface area contributed by atoms with Crippen LogP contribution in [0.1, 0.15) is 16.8 Å². The van der Waals surface area contributed by atoms with Crippen molar-refractivity contribution in [1.29, 1.82) is 0 Å². The largest absolute Gasteiger partial charge is 0.337 e. The van der Waals surface area contributed by atoms with Crippen molar-refractivity contribution in [3.63, 3.8) is 0 Å². The van der Waals surface area contributed by atoms with Crippen molar-refractivity contribution in [3.05, 3.63) is 47.8 Å². The molecular weight excluding hydrogens is 267 g/mol. The maximum absolute atomic E-state index is 13.9. The Bertz CT molecular complexity index is 671. The number of likely N-dealkylation sites (N-methyl/N-ethyl adjacent to an activating group) is 1. The van der Waals surface area contributed by atoms with Gasteiger partial charge in [-0.25, -0.2) is 4.39 Å². The van der Waals surface area contributed by atoms with Gasteiger partial charge in [-0.05, 0) is 37.5 Å². The zero-order valence-corrected chi connectivity index (χ0v) is 12.2. The van der Waals surface area contributed by atoms with Crippen LogP contribution in [-0.2, 0) is 0 Å². The fourth-order valence-electron chi connectivity index (χ4n) is 2.87. The van der Waals surface area contributed by atoms with Crippen LogP contribution >= 0.6 is 0 Å². The summed E-state index contributed by atoms with van der Waals surface area (Å²) < 4.78 is 13.9. The van der Waals surface area contributed by atoms with Gasteiger partial charge >= 0.3 is 0 Å². The Hall–Kier alpha value is -1.94. The van der Waals surface area contributed by atoms with Crippen molar-refractivity contribution in [2.24, 2.45) is 0 Å². The SMILES string of the molecule is CN1CCCN(C(=O)c2ccc(F)c3ccccc23)CC1. The second kappa shape index (κ2) is 5.82. The lowest BCUT2D eigenvalue weighted by molar-refractivity contribution is 0.0765. The van der Waals surface area contributed by atoms with E-state index in [1.165, 1.54) is 6.07 Å². The van der Waals surface area contributed by atoms with Crippen LogP contribution in [0.25, 0.3) is 10.8 Å². The minimum atomic E-state index is -0.280. The third-order valence-corrected chi connectivity index (χ3v) is 4.11. The molecule has 3 nitrogen and oxygen atoms in total. The lowest BCUT2D eigenvalue weighted by Crippen LogP contribution is -2.34. The highest BCUT2D eigenvalue weighted by Crippen LogP contribution is 2.23. The van der Waals surface area contributed by atoms with Crippen LogP contribution in [0, 0.1) is 5.82 Å². The smallest absolute Gasteiger partial charge is 0.254 e. The van der Waals surface area contributed by atoms with Gasteiger partial charge in [-0.3, -0.25) is 4.79 Å². The fraction of sp³-hybridized carbons (Fsp3) is 0.353. The number of nitrogens with zero attached hydrogens (tertiary/aromatic N) is 2. The number of benzene rings is 2. The van der Waals surface area contributed by atoms with Crippen LogP contribution in [0.4, 0.5) is 4.39 Å². The Morgan fingerprint density at radius 3 is 2.57 bits per heavy atom. The second-order valence-corrected chi connectivity index (χ2v) is 5.59. The summed E-state index contributed by atoms with van der Waals surface area (Å²) in [5, 5.41) is 1.20. The van der Waals surface area contributed by atoms with Crippen molar-refractivity contribution >= 4 is 16.7 Å². The molecule has 1 saturated heterocycles. The Labute approximate surface area is 124 Å². The predicted octanol–water partition coefficient (Wildman–Crippen LogP) is 2.76. The van der Waals surface area contributed by atoms with E-state index < -0.39 is 0 Å². The summed E-state index contributed by atoms with van der Waals surface area (Å²) >= 11 is 0. The molecule has 2 aromatic rings. The van der Waals surface area contributed by atoms with Gasteiger partial charge in [-0.15, -0.1) is 0 Å². The van der Waals surface area contributed by atoms with Crippen molar-refractivity contribution in [3.8, 4) is 0 Å². The van der Waals surface area contributed by atoms with Gasteiger partial charge in [0.1, 0.15) is 5.82 Å². The number of carbonyl (C=O) groups excluding carboxylic acids is 1. The number of fused-ring (bicyclic) bond motifs is 1. The first-order chi connectivity index (χ1) is 10.2. The first-order valence-corrected chi connectivity index (χ1v) is 7.32. The molecule has 0 radical (unpaired) electrons. The molecule has 1 fully saturated rings. The standard InChI is InChI=1S/C17H19FN2O/c1-19-9-4-10-20(12-11-19)17(21)15-7-8-16(18)14-6-3-2-5-13(14)15/h2-3,5-8H,4,9-12H2,1H3. The maximum atomic E-state index is 13.9. The average Bonchev–Trinajstić information content (AvgIpc) is 2.72. The van der Waals surface area contributed by atoms with Gasteiger partial charge in [0, 0.05) is 30.6 Å². The molecule has 1 aliphatic heterocycles. The molecule has 3 rings (SSSR count). The van der Waals surface area contributed by atoms with Crippen molar-refractivity contribution in [2.75, 3.05) is 33.2 Å². The topological polar surface area (TPSA) is 23.6 Å². The molecule has 2 aromatic carbocycles. The fourth-order valence-corrected chi connectivity index (χ4v) is 2.87. The van der Waals surface area contributed by atoms with E-state index in [0.29, 0.717) is 16.3 Å². The molecule has 0 unspecified atom stereocenters. The second-order valence-electron chi connectivity index (χ2n) is 5.59. The molecule has 0 aliphatic carbocycles. The Morgan fingerprint density at radius 2 is 1.76 bits per heavy atom. The molecule has 0 N–H and O–H groups in total. The molecule has 1 heterocycles. The molecule has 4 heteroatoms. The third kappa shape index (κ3) is 2.76. The summed E-state index contributed by atoms with van der Waals surface area (Å²) in [5.41, 5.74) is 0.594. The van der Waals surface area contributed by atoms with E-state index >= 15 is 0 Å². The molecule has 0 atom stereocenters. The van der Waals surface area contributed by atoms with Crippen LogP contribution in [0.15, 0.2) is 36.4 Å². The zero-order chi connectivity index (χ0) is 14.8. The number of halogens is 1. The van der Waals surface area contributed by atoms with Crippen LogP contribution < -0.4 is 0 Å². The van der Waals surface area contributed by atoms with Crippen molar-refractivity contribution < 1.29 is 9.18 Å². The summed E-state index contributed by atoms with van der Waals surface area (Å²) in [6, 6.07) is 10.2. The van der Waals surface area contributed by atoms with E-state index in [9.17, 15) is 9.18 Å². The van der Waals surface area contributed by atoms with Crippen LogP contribution in [0.5, 0.6) is 0 Å². The number of amides is 1.